The first kappa shape index (κ1) is 18.9. The molecule has 3 atom stereocenters. The van der Waals surface area contributed by atoms with E-state index in [0.717, 1.165) is 38.4 Å². The summed E-state index contributed by atoms with van der Waals surface area (Å²) in [4.78, 5) is 0. The van der Waals surface area contributed by atoms with E-state index in [1.807, 2.05) is 0 Å². The number of hydrogen-bond donors (Lipinski definition) is 0. The van der Waals surface area contributed by atoms with Gasteiger partial charge in [-0.3, -0.25) is 0 Å². The Bertz CT molecular complexity index is 362. The van der Waals surface area contributed by atoms with Crippen LogP contribution in [0.4, 0.5) is 0 Å². The molecule has 1 heterocycles. The molecule has 1 fully saturated rings. The average Bonchev–Trinajstić information content (AvgIpc) is 2.42. The zero-order valence-electron chi connectivity index (χ0n) is 13.5. The lowest BCUT2D eigenvalue weighted by molar-refractivity contribution is -0.232. The van der Waals surface area contributed by atoms with Crippen LogP contribution in [0.1, 0.15) is 65.2 Å². The van der Waals surface area contributed by atoms with Gasteiger partial charge in [-0.05, 0) is 38.0 Å². The van der Waals surface area contributed by atoms with E-state index in [0.29, 0.717) is 18.9 Å². The summed E-state index contributed by atoms with van der Waals surface area (Å²) in [6, 6.07) is 0. The third-order valence-corrected chi connectivity index (χ3v) is 4.23. The van der Waals surface area contributed by atoms with E-state index in [4.69, 9.17) is 13.7 Å². The highest BCUT2D eigenvalue weighted by atomic mass is 32.2. The normalized spacial score (nSPS) is 22.9. The van der Waals surface area contributed by atoms with Crippen LogP contribution >= 0.6 is 0 Å². The third-order valence-electron chi connectivity index (χ3n) is 3.67. The van der Waals surface area contributed by atoms with E-state index in [1.54, 1.807) is 0 Å². The molecule has 0 N–H and O–H groups in total. The lowest BCUT2D eigenvalue weighted by Gasteiger charge is -2.27. The van der Waals surface area contributed by atoms with Crippen molar-refractivity contribution in [1.82, 2.24) is 0 Å². The zero-order chi connectivity index (χ0) is 15.7. The highest BCUT2D eigenvalue weighted by molar-refractivity contribution is 7.86. The molecule has 0 aliphatic carbocycles. The van der Waals surface area contributed by atoms with E-state index in [-0.39, 0.29) is 6.29 Å². The monoisotopic (exact) mass is 322 g/mol. The van der Waals surface area contributed by atoms with Crippen LogP contribution in [0.3, 0.4) is 0 Å². The molecule has 0 radical (unpaired) electrons. The van der Waals surface area contributed by atoms with E-state index < -0.39 is 16.4 Å². The molecule has 1 aliphatic rings. The molecule has 126 valence electrons. The summed E-state index contributed by atoms with van der Waals surface area (Å²) in [6.07, 6.45) is 7.89. The van der Waals surface area contributed by atoms with Crippen LogP contribution in [0, 0.1) is 5.92 Å². The third kappa shape index (κ3) is 9.45. The quantitative estimate of drug-likeness (QED) is 0.455. The van der Waals surface area contributed by atoms with Crippen molar-refractivity contribution >= 4 is 10.1 Å². The lowest BCUT2D eigenvalue weighted by atomic mass is 9.99. The summed E-state index contributed by atoms with van der Waals surface area (Å²) in [5.41, 5.74) is 0. The van der Waals surface area contributed by atoms with Crippen LogP contribution < -0.4 is 0 Å². The van der Waals surface area contributed by atoms with Crippen molar-refractivity contribution in [2.24, 2.45) is 5.92 Å². The number of hydrogen-bond acceptors (Lipinski definition) is 5. The molecule has 5 nitrogen and oxygen atoms in total. The van der Waals surface area contributed by atoms with Crippen molar-refractivity contribution in [2.75, 3.05) is 12.9 Å². The lowest BCUT2D eigenvalue weighted by Crippen LogP contribution is -2.31. The Morgan fingerprint density at radius 3 is 2.57 bits per heavy atom. The van der Waals surface area contributed by atoms with Crippen LogP contribution in [-0.2, 0) is 23.8 Å². The minimum atomic E-state index is -3.52. The minimum absolute atomic E-state index is 0.337. The highest BCUT2D eigenvalue weighted by Crippen LogP contribution is 2.22. The topological polar surface area (TPSA) is 61.8 Å². The summed E-state index contributed by atoms with van der Waals surface area (Å²) in [6.45, 7) is 5.03. The van der Waals surface area contributed by atoms with Crippen LogP contribution in [0.5, 0.6) is 0 Å². The Balaban J connectivity index is 2.43. The van der Waals surface area contributed by atoms with E-state index >= 15 is 0 Å². The first-order chi connectivity index (χ1) is 9.90. The first-order valence-electron chi connectivity index (χ1n) is 8.06. The van der Waals surface area contributed by atoms with E-state index in [1.165, 1.54) is 12.8 Å². The molecule has 3 unspecified atom stereocenters. The fourth-order valence-electron chi connectivity index (χ4n) is 2.44. The smallest absolute Gasteiger partial charge is 0.266 e. The van der Waals surface area contributed by atoms with Crippen molar-refractivity contribution in [3.8, 4) is 0 Å². The molecular weight excluding hydrogens is 292 g/mol. The van der Waals surface area contributed by atoms with Crippen LogP contribution in [0.15, 0.2) is 0 Å². The minimum Gasteiger partial charge on any atom is -0.353 e. The first-order valence-corrected chi connectivity index (χ1v) is 9.87. The second kappa shape index (κ2) is 9.77. The molecule has 0 spiro atoms. The summed E-state index contributed by atoms with van der Waals surface area (Å²) in [7, 11) is -3.52. The van der Waals surface area contributed by atoms with Crippen LogP contribution in [0.25, 0.3) is 0 Å². The van der Waals surface area contributed by atoms with E-state index in [2.05, 4.69) is 13.8 Å². The predicted octanol–water partition coefficient (Wildman–Crippen LogP) is 3.44. The van der Waals surface area contributed by atoms with Gasteiger partial charge in [-0.15, -0.1) is 0 Å². The van der Waals surface area contributed by atoms with Gasteiger partial charge in [0.25, 0.3) is 10.1 Å². The number of unbranched alkanes of at least 4 members (excludes halogenated alkanes) is 1. The Labute approximate surface area is 129 Å². The maximum Gasteiger partial charge on any atom is 0.266 e. The Kier molecular flexibility index (Phi) is 8.78. The maximum atomic E-state index is 11.4. The van der Waals surface area contributed by atoms with Gasteiger partial charge in [0.05, 0.1) is 6.26 Å². The van der Waals surface area contributed by atoms with E-state index in [9.17, 15) is 8.42 Å². The zero-order valence-corrected chi connectivity index (χ0v) is 14.4. The molecule has 0 aromatic heterocycles. The molecule has 0 aromatic rings. The van der Waals surface area contributed by atoms with Gasteiger partial charge in [0.2, 0.25) is 0 Å². The van der Waals surface area contributed by atoms with Crippen molar-refractivity contribution in [2.45, 2.75) is 77.8 Å². The molecule has 0 bridgehead atoms. The average molecular weight is 322 g/mol. The van der Waals surface area contributed by atoms with Gasteiger partial charge in [-0.1, -0.05) is 33.1 Å². The van der Waals surface area contributed by atoms with Gasteiger partial charge in [0.15, 0.2) is 12.6 Å². The van der Waals surface area contributed by atoms with Gasteiger partial charge in [-0.2, -0.15) is 8.42 Å². The number of ether oxygens (including phenoxy) is 2. The fraction of sp³-hybridized carbons (Fsp3) is 1.00. The molecule has 1 rings (SSSR count). The van der Waals surface area contributed by atoms with Gasteiger partial charge in [0.1, 0.15) is 0 Å². The largest absolute Gasteiger partial charge is 0.353 e. The van der Waals surface area contributed by atoms with Gasteiger partial charge in [-0.25, -0.2) is 4.18 Å². The van der Waals surface area contributed by atoms with Gasteiger partial charge >= 0.3 is 0 Å². The fourth-order valence-corrected chi connectivity index (χ4v) is 2.97. The standard InChI is InChI=1S/C15H30O5S/c1-4-5-8-13(2)10-11-15(20-21(3,16)17)19-14-9-6-7-12-18-14/h13-15H,4-12H2,1-3H3. The summed E-state index contributed by atoms with van der Waals surface area (Å²) >= 11 is 0. The molecule has 0 aromatic carbocycles. The molecule has 1 aliphatic heterocycles. The predicted molar refractivity (Wildman–Crippen MR) is 82.3 cm³/mol. The van der Waals surface area contributed by atoms with Gasteiger partial charge in [0, 0.05) is 6.61 Å². The van der Waals surface area contributed by atoms with Crippen molar-refractivity contribution in [1.29, 1.82) is 0 Å². The molecule has 6 heteroatoms. The molecule has 1 saturated heterocycles. The SMILES string of the molecule is CCCCC(C)CCC(OC1CCCCO1)OS(C)(=O)=O. The molecule has 0 amide bonds. The maximum absolute atomic E-state index is 11.4. The summed E-state index contributed by atoms with van der Waals surface area (Å²) in [5.74, 6) is 0.548. The Morgan fingerprint density at radius 2 is 2.00 bits per heavy atom. The van der Waals surface area contributed by atoms with Crippen molar-refractivity contribution in [3.05, 3.63) is 0 Å². The second-order valence-electron chi connectivity index (χ2n) is 5.99. The molecular formula is C15H30O5S. The highest BCUT2D eigenvalue weighted by Gasteiger charge is 2.23. The summed E-state index contributed by atoms with van der Waals surface area (Å²) in [5, 5.41) is 0. The van der Waals surface area contributed by atoms with Gasteiger partial charge < -0.3 is 9.47 Å². The second-order valence-corrected chi connectivity index (χ2v) is 7.59. The Morgan fingerprint density at radius 1 is 1.24 bits per heavy atom. The van der Waals surface area contributed by atoms with Crippen LogP contribution in [0.2, 0.25) is 0 Å². The van der Waals surface area contributed by atoms with Crippen molar-refractivity contribution in [3.63, 3.8) is 0 Å². The number of rotatable bonds is 10. The molecule has 0 saturated carbocycles. The molecule has 21 heavy (non-hydrogen) atoms. The van der Waals surface area contributed by atoms with Crippen molar-refractivity contribution < 1.29 is 22.1 Å². The summed E-state index contributed by atoms with van der Waals surface area (Å²) < 4.78 is 39.0. The Hall–Kier alpha value is -0.170. The van der Waals surface area contributed by atoms with Crippen LogP contribution in [-0.4, -0.2) is 33.9 Å².